The molecule has 4 heteroatoms. The highest BCUT2D eigenvalue weighted by molar-refractivity contribution is 8.13. The van der Waals surface area contributed by atoms with Gasteiger partial charge in [-0.2, -0.15) is 0 Å². The monoisotopic (exact) mass is 239 g/mol. The average molecular weight is 240 g/mol. The van der Waals surface area contributed by atoms with Gasteiger partial charge in [-0.15, -0.1) is 0 Å². The van der Waals surface area contributed by atoms with Crippen LogP contribution < -0.4 is 5.73 Å². The number of nitrogen functional groups attached to an aromatic ring is 1. The molecule has 0 aromatic heterocycles. The van der Waals surface area contributed by atoms with Crippen molar-refractivity contribution in [1.29, 1.82) is 0 Å². The molecule has 0 saturated heterocycles. The van der Waals surface area contributed by atoms with Crippen molar-refractivity contribution in [1.82, 2.24) is 0 Å². The number of nitrogens with two attached hydrogens (primary N) is 1. The first kappa shape index (κ1) is 12.0. The minimum absolute atomic E-state index is 0.0523. The SMILES string of the molecule is CC(=O)SCC#Cc1c(N)cccc1Cl. The summed E-state index contributed by atoms with van der Waals surface area (Å²) < 4.78 is 0. The molecule has 2 N–H and O–H groups in total. The van der Waals surface area contributed by atoms with E-state index in [0.29, 0.717) is 22.0 Å². The number of carbonyl (C=O) groups is 1. The first-order chi connectivity index (χ1) is 7.11. The third-order valence-electron chi connectivity index (χ3n) is 1.61. The zero-order valence-corrected chi connectivity index (χ0v) is 9.78. The molecule has 0 saturated carbocycles. The maximum atomic E-state index is 10.6. The van der Waals surface area contributed by atoms with Crippen LogP contribution in [0.1, 0.15) is 12.5 Å². The fourth-order valence-corrected chi connectivity index (χ4v) is 1.51. The number of thioether (sulfide) groups is 1. The molecule has 0 aliphatic rings. The van der Waals surface area contributed by atoms with E-state index in [4.69, 9.17) is 17.3 Å². The van der Waals surface area contributed by atoms with Gasteiger partial charge < -0.3 is 5.73 Å². The second-order valence-electron chi connectivity index (χ2n) is 2.79. The number of rotatable bonds is 1. The maximum Gasteiger partial charge on any atom is 0.186 e. The van der Waals surface area contributed by atoms with Crippen molar-refractivity contribution in [2.75, 3.05) is 11.5 Å². The van der Waals surface area contributed by atoms with Crippen LogP contribution in [0.2, 0.25) is 5.02 Å². The fraction of sp³-hybridized carbons (Fsp3) is 0.182. The van der Waals surface area contributed by atoms with Gasteiger partial charge in [-0.1, -0.05) is 41.3 Å². The van der Waals surface area contributed by atoms with Crippen LogP contribution in [-0.4, -0.2) is 10.9 Å². The lowest BCUT2D eigenvalue weighted by Gasteiger charge is -1.99. The Bertz CT molecular complexity index is 414. The van der Waals surface area contributed by atoms with Crippen molar-refractivity contribution < 1.29 is 4.79 Å². The first-order valence-corrected chi connectivity index (χ1v) is 5.64. The first-order valence-electron chi connectivity index (χ1n) is 4.27. The van der Waals surface area contributed by atoms with Gasteiger partial charge in [-0.25, -0.2) is 0 Å². The molecule has 15 heavy (non-hydrogen) atoms. The topological polar surface area (TPSA) is 43.1 Å². The van der Waals surface area contributed by atoms with Gasteiger partial charge in [0.05, 0.1) is 16.3 Å². The Morgan fingerprint density at radius 3 is 2.93 bits per heavy atom. The lowest BCUT2D eigenvalue weighted by molar-refractivity contribution is -0.109. The number of hydrogen-bond donors (Lipinski definition) is 1. The van der Waals surface area contributed by atoms with Crippen molar-refractivity contribution in [2.45, 2.75) is 6.92 Å². The third-order valence-corrected chi connectivity index (χ3v) is 2.62. The summed E-state index contributed by atoms with van der Waals surface area (Å²) in [6.07, 6.45) is 0. The summed E-state index contributed by atoms with van der Waals surface area (Å²) in [5.41, 5.74) is 6.89. The van der Waals surface area contributed by atoms with Crippen molar-refractivity contribution in [3.8, 4) is 11.8 Å². The summed E-state index contributed by atoms with van der Waals surface area (Å²) in [7, 11) is 0. The van der Waals surface area contributed by atoms with Gasteiger partial charge in [0, 0.05) is 12.6 Å². The smallest absolute Gasteiger partial charge is 0.186 e. The van der Waals surface area contributed by atoms with Crippen molar-refractivity contribution >= 4 is 34.2 Å². The summed E-state index contributed by atoms with van der Waals surface area (Å²) in [4.78, 5) is 10.6. The molecular weight excluding hydrogens is 230 g/mol. The van der Waals surface area contributed by atoms with E-state index in [2.05, 4.69) is 11.8 Å². The molecule has 0 fully saturated rings. The summed E-state index contributed by atoms with van der Waals surface area (Å²) in [6.45, 7) is 1.51. The van der Waals surface area contributed by atoms with Gasteiger partial charge in [-0.3, -0.25) is 4.79 Å². The maximum absolute atomic E-state index is 10.6. The zero-order valence-electron chi connectivity index (χ0n) is 8.21. The van der Waals surface area contributed by atoms with Crippen molar-refractivity contribution in [3.05, 3.63) is 28.8 Å². The van der Waals surface area contributed by atoms with E-state index in [1.54, 1.807) is 18.2 Å². The van der Waals surface area contributed by atoms with E-state index in [-0.39, 0.29) is 5.12 Å². The molecule has 0 unspecified atom stereocenters. The summed E-state index contributed by atoms with van der Waals surface area (Å²) in [6, 6.07) is 5.25. The van der Waals surface area contributed by atoms with Crippen LogP contribution in [0.5, 0.6) is 0 Å². The van der Waals surface area contributed by atoms with E-state index >= 15 is 0 Å². The van der Waals surface area contributed by atoms with Crippen LogP contribution in [0, 0.1) is 11.8 Å². The summed E-state index contributed by atoms with van der Waals surface area (Å²) in [5.74, 6) is 6.16. The van der Waals surface area contributed by atoms with Crippen LogP contribution in [0.15, 0.2) is 18.2 Å². The summed E-state index contributed by atoms with van der Waals surface area (Å²) >= 11 is 7.08. The number of hydrogen-bond acceptors (Lipinski definition) is 3. The molecule has 1 aromatic rings. The fourth-order valence-electron chi connectivity index (χ4n) is 0.935. The number of benzene rings is 1. The number of anilines is 1. The normalized spacial score (nSPS) is 9.20. The Morgan fingerprint density at radius 2 is 2.33 bits per heavy atom. The van der Waals surface area contributed by atoms with E-state index in [0.717, 1.165) is 0 Å². The molecule has 2 nitrogen and oxygen atoms in total. The summed E-state index contributed by atoms with van der Waals surface area (Å²) in [5, 5.41) is 0.590. The highest BCUT2D eigenvalue weighted by atomic mass is 35.5. The van der Waals surface area contributed by atoms with Crippen molar-refractivity contribution in [2.24, 2.45) is 0 Å². The van der Waals surface area contributed by atoms with E-state index in [1.807, 2.05) is 0 Å². The molecule has 0 bridgehead atoms. The Kier molecular flexibility index (Phi) is 4.54. The van der Waals surface area contributed by atoms with Crippen LogP contribution in [-0.2, 0) is 4.79 Å². The molecule has 0 spiro atoms. The van der Waals surface area contributed by atoms with E-state index < -0.39 is 0 Å². The molecule has 1 rings (SSSR count). The van der Waals surface area contributed by atoms with E-state index in [1.165, 1.54) is 18.7 Å². The predicted molar refractivity (Wildman–Crippen MR) is 65.9 cm³/mol. The highest BCUT2D eigenvalue weighted by Gasteiger charge is 1.99. The van der Waals surface area contributed by atoms with Gasteiger partial charge in [0.1, 0.15) is 0 Å². The van der Waals surface area contributed by atoms with Crippen LogP contribution in [0.3, 0.4) is 0 Å². The Balaban J connectivity index is 2.75. The van der Waals surface area contributed by atoms with Crippen LogP contribution in [0.25, 0.3) is 0 Å². The van der Waals surface area contributed by atoms with Crippen LogP contribution in [0.4, 0.5) is 5.69 Å². The molecule has 0 atom stereocenters. The molecule has 78 valence electrons. The number of carbonyl (C=O) groups excluding carboxylic acids is 1. The third kappa shape index (κ3) is 3.86. The quantitative estimate of drug-likeness (QED) is 0.605. The minimum Gasteiger partial charge on any atom is -0.398 e. The van der Waals surface area contributed by atoms with Crippen molar-refractivity contribution in [3.63, 3.8) is 0 Å². The lowest BCUT2D eigenvalue weighted by atomic mass is 10.2. The second kappa shape index (κ2) is 5.69. The van der Waals surface area contributed by atoms with Gasteiger partial charge >= 0.3 is 0 Å². The van der Waals surface area contributed by atoms with Gasteiger partial charge in [-0.05, 0) is 12.1 Å². The second-order valence-corrected chi connectivity index (χ2v) is 4.35. The Labute approximate surface area is 98.2 Å². The van der Waals surface area contributed by atoms with Gasteiger partial charge in [0.15, 0.2) is 5.12 Å². The predicted octanol–water partition coefficient (Wildman–Crippen LogP) is 2.55. The lowest BCUT2D eigenvalue weighted by Crippen LogP contribution is -1.90. The van der Waals surface area contributed by atoms with Gasteiger partial charge in [0.2, 0.25) is 0 Å². The van der Waals surface area contributed by atoms with Gasteiger partial charge in [0.25, 0.3) is 0 Å². The minimum atomic E-state index is 0.0523. The zero-order chi connectivity index (χ0) is 11.3. The Morgan fingerprint density at radius 1 is 1.60 bits per heavy atom. The van der Waals surface area contributed by atoms with E-state index in [9.17, 15) is 4.79 Å². The average Bonchev–Trinajstić information content (AvgIpc) is 2.15. The Hall–Kier alpha value is -1.11. The highest BCUT2D eigenvalue weighted by Crippen LogP contribution is 2.20. The van der Waals surface area contributed by atoms with Crippen LogP contribution >= 0.6 is 23.4 Å². The molecule has 0 aliphatic heterocycles. The molecule has 0 amide bonds. The molecule has 0 radical (unpaired) electrons. The largest absolute Gasteiger partial charge is 0.398 e. The molecule has 1 aromatic carbocycles. The number of halogens is 1. The molecule has 0 heterocycles. The standard InChI is InChI=1S/C11H10ClNOS/c1-8(14)15-7-3-4-9-10(12)5-2-6-11(9)13/h2,5-6H,7,13H2,1H3. The molecule has 0 aliphatic carbocycles. The molecular formula is C11H10ClNOS.